The first-order chi connectivity index (χ1) is 8.88. The van der Waals surface area contributed by atoms with Gasteiger partial charge in [0.15, 0.2) is 0 Å². The number of benzene rings is 1. The molecule has 0 atom stereocenters. The first kappa shape index (κ1) is 13.6. The molecule has 18 heavy (non-hydrogen) atoms. The van der Waals surface area contributed by atoms with Gasteiger partial charge in [-0.1, -0.05) is 44.0 Å². The van der Waals surface area contributed by atoms with Crippen molar-refractivity contribution < 1.29 is 4.74 Å². The predicted octanol–water partition coefficient (Wildman–Crippen LogP) is 3.30. The lowest BCUT2D eigenvalue weighted by Gasteiger charge is -2.11. The number of hydrogen-bond acceptors (Lipinski definition) is 2. The molecule has 1 N–H and O–H groups in total. The monoisotopic (exact) mass is 247 g/mol. The summed E-state index contributed by atoms with van der Waals surface area (Å²) in [6.45, 7) is 5.03. The molecule has 0 aliphatic heterocycles. The van der Waals surface area contributed by atoms with Crippen molar-refractivity contribution in [3.05, 3.63) is 35.4 Å². The maximum atomic E-state index is 5.92. The van der Waals surface area contributed by atoms with Gasteiger partial charge in [0.25, 0.3) is 0 Å². The summed E-state index contributed by atoms with van der Waals surface area (Å²) in [7, 11) is 0. The van der Waals surface area contributed by atoms with E-state index >= 15 is 0 Å². The summed E-state index contributed by atoms with van der Waals surface area (Å²) in [4.78, 5) is 0. The van der Waals surface area contributed by atoms with Gasteiger partial charge in [0.1, 0.15) is 0 Å². The Kier molecular flexibility index (Phi) is 5.69. The van der Waals surface area contributed by atoms with Gasteiger partial charge < -0.3 is 10.1 Å². The highest BCUT2D eigenvalue weighted by Gasteiger charge is 2.14. The van der Waals surface area contributed by atoms with E-state index < -0.39 is 0 Å². The van der Waals surface area contributed by atoms with Crippen molar-refractivity contribution in [3.8, 4) is 0 Å². The summed E-state index contributed by atoms with van der Waals surface area (Å²) in [5.74, 6) is 0. The predicted molar refractivity (Wildman–Crippen MR) is 75.7 cm³/mol. The average molecular weight is 247 g/mol. The highest BCUT2D eigenvalue weighted by molar-refractivity contribution is 5.22. The Labute approximate surface area is 111 Å². The van der Waals surface area contributed by atoms with Crippen LogP contribution in [0, 0.1) is 0 Å². The van der Waals surface area contributed by atoms with Gasteiger partial charge in [-0.05, 0) is 43.5 Å². The molecular formula is C16H25NO. The summed E-state index contributed by atoms with van der Waals surface area (Å²) in [6, 6.07) is 8.86. The SMILES string of the molecule is CCNCCc1ccc(COC2CCCC2)cc1. The Morgan fingerprint density at radius 3 is 2.44 bits per heavy atom. The van der Waals surface area contributed by atoms with Crippen LogP contribution >= 0.6 is 0 Å². The third-order valence-electron chi connectivity index (χ3n) is 3.65. The van der Waals surface area contributed by atoms with Gasteiger partial charge in [0.2, 0.25) is 0 Å². The first-order valence-corrected chi connectivity index (χ1v) is 7.28. The van der Waals surface area contributed by atoms with Gasteiger partial charge in [-0.25, -0.2) is 0 Å². The topological polar surface area (TPSA) is 21.3 Å². The molecule has 1 aliphatic rings. The van der Waals surface area contributed by atoms with Gasteiger partial charge >= 0.3 is 0 Å². The summed E-state index contributed by atoms with van der Waals surface area (Å²) >= 11 is 0. The van der Waals surface area contributed by atoms with Crippen molar-refractivity contribution in [1.82, 2.24) is 5.32 Å². The standard InChI is InChI=1S/C16H25NO/c1-2-17-12-11-14-7-9-15(10-8-14)13-18-16-5-3-4-6-16/h7-10,16-17H,2-6,11-13H2,1H3. The van der Waals surface area contributed by atoms with Gasteiger partial charge in [0, 0.05) is 0 Å². The Morgan fingerprint density at radius 2 is 1.78 bits per heavy atom. The maximum absolute atomic E-state index is 5.92. The second kappa shape index (κ2) is 7.55. The van der Waals surface area contributed by atoms with Crippen molar-refractivity contribution in [2.24, 2.45) is 0 Å². The van der Waals surface area contributed by atoms with Crippen LogP contribution in [0.2, 0.25) is 0 Å². The summed E-state index contributed by atoms with van der Waals surface area (Å²) in [5, 5.41) is 3.35. The third-order valence-corrected chi connectivity index (χ3v) is 3.65. The molecule has 0 spiro atoms. The van der Waals surface area contributed by atoms with Crippen molar-refractivity contribution in [3.63, 3.8) is 0 Å². The highest BCUT2D eigenvalue weighted by Crippen LogP contribution is 2.22. The molecule has 100 valence electrons. The first-order valence-electron chi connectivity index (χ1n) is 7.28. The molecule has 2 heteroatoms. The Bertz CT molecular complexity index is 327. The Morgan fingerprint density at radius 1 is 1.11 bits per heavy atom. The largest absolute Gasteiger partial charge is 0.374 e. The zero-order chi connectivity index (χ0) is 12.6. The molecule has 1 aromatic rings. The molecule has 0 radical (unpaired) electrons. The van der Waals surface area contributed by atoms with E-state index in [4.69, 9.17) is 4.74 Å². The third kappa shape index (κ3) is 4.43. The van der Waals surface area contributed by atoms with Crippen LogP contribution in [0.5, 0.6) is 0 Å². The molecule has 0 amide bonds. The molecule has 2 nitrogen and oxygen atoms in total. The van der Waals surface area contributed by atoms with Crippen LogP contribution in [-0.2, 0) is 17.8 Å². The van der Waals surface area contributed by atoms with E-state index in [-0.39, 0.29) is 0 Å². The van der Waals surface area contributed by atoms with E-state index in [0.29, 0.717) is 6.10 Å². The van der Waals surface area contributed by atoms with Crippen LogP contribution in [0.3, 0.4) is 0 Å². The maximum Gasteiger partial charge on any atom is 0.0720 e. The quantitative estimate of drug-likeness (QED) is 0.746. The number of ether oxygens (including phenoxy) is 1. The van der Waals surface area contributed by atoms with Gasteiger partial charge in [0.05, 0.1) is 12.7 Å². The molecule has 1 saturated carbocycles. The number of hydrogen-bond donors (Lipinski definition) is 1. The number of nitrogens with one attached hydrogen (secondary N) is 1. The molecular weight excluding hydrogens is 222 g/mol. The van der Waals surface area contributed by atoms with Crippen molar-refractivity contribution in [2.45, 2.75) is 51.7 Å². The molecule has 0 unspecified atom stereocenters. The van der Waals surface area contributed by atoms with Crippen LogP contribution in [0.15, 0.2) is 24.3 Å². The lowest BCUT2D eigenvalue weighted by Crippen LogP contribution is -2.16. The molecule has 1 aromatic carbocycles. The second-order valence-electron chi connectivity index (χ2n) is 5.14. The Hall–Kier alpha value is -0.860. The minimum absolute atomic E-state index is 0.512. The highest BCUT2D eigenvalue weighted by atomic mass is 16.5. The number of likely N-dealkylation sites (N-methyl/N-ethyl adjacent to an activating group) is 1. The Balaban J connectivity index is 1.72. The van der Waals surface area contributed by atoms with Crippen LogP contribution in [0.4, 0.5) is 0 Å². The summed E-state index contributed by atoms with van der Waals surface area (Å²) in [6.07, 6.45) is 6.81. The zero-order valence-corrected chi connectivity index (χ0v) is 11.5. The molecule has 1 aliphatic carbocycles. The minimum atomic E-state index is 0.512. The van der Waals surface area contributed by atoms with E-state index in [1.165, 1.54) is 36.8 Å². The molecule has 0 bridgehead atoms. The zero-order valence-electron chi connectivity index (χ0n) is 11.5. The fraction of sp³-hybridized carbons (Fsp3) is 0.625. The van der Waals surface area contributed by atoms with Crippen LogP contribution < -0.4 is 5.32 Å². The molecule has 0 saturated heterocycles. The fourth-order valence-corrected chi connectivity index (χ4v) is 2.48. The van der Waals surface area contributed by atoms with Crippen molar-refractivity contribution >= 4 is 0 Å². The molecule has 0 heterocycles. The van der Waals surface area contributed by atoms with Gasteiger partial charge in [-0.15, -0.1) is 0 Å². The van der Waals surface area contributed by atoms with E-state index in [1.807, 2.05) is 0 Å². The smallest absolute Gasteiger partial charge is 0.0720 e. The van der Waals surface area contributed by atoms with Crippen LogP contribution in [0.25, 0.3) is 0 Å². The minimum Gasteiger partial charge on any atom is -0.374 e. The molecule has 1 fully saturated rings. The lowest BCUT2D eigenvalue weighted by molar-refractivity contribution is 0.0457. The van der Waals surface area contributed by atoms with Gasteiger partial charge in [-0.2, -0.15) is 0 Å². The van der Waals surface area contributed by atoms with Crippen LogP contribution in [0.1, 0.15) is 43.7 Å². The van der Waals surface area contributed by atoms with Crippen molar-refractivity contribution in [2.75, 3.05) is 13.1 Å². The van der Waals surface area contributed by atoms with Crippen LogP contribution in [-0.4, -0.2) is 19.2 Å². The van der Waals surface area contributed by atoms with E-state index in [2.05, 4.69) is 36.5 Å². The average Bonchev–Trinajstić information content (AvgIpc) is 2.91. The lowest BCUT2D eigenvalue weighted by atomic mass is 10.1. The van der Waals surface area contributed by atoms with Crippen molar-refractivity contribution in [1.29, 1.82) is 0 Å². The normalized spacial score (nSPS) is 16.3. The van der Waals surface area contributed by atoms with E-state index in [9.17, 15) is 0 Å². The second-order valence-corrected chi connectivity index (χ2v) is 5.14. The summed E-state index contributed by atoms with van der Waals surface area (Å²) < 4.78 is 5.92. The van der Waals surface area contributed by atoms with Gasteiger partial charge in [-0.3, -0.25) is 0 Å². The number of rotatable bonds is 7. The van der Waals surface area contributed by atoms with E-state index in [0.717, 1.165) is 26.1 Å². The molecule has 2 rings (SSSR count). The summed E-state index contributed by atoms with van der Waals surface area (Å²) in [5.41, 5.74) is 2.70. The van der Waals surface area contributed by atoms with E-state index in [1.54, 1.807) is 0 Å². The fourth-order valence-electron chi connectivity index (χ4n) is 2.48. The molecule has 0 aromatic heterocycles.